The van der Waals surface area contributed by atoms with Gasteiger partial charge >= 0.3 is 0 Å². The summed E-state index contributed by atoms with van der Waals surface area (Å²) in [4.78, 5) is 0. The third kappa shape index (κ3) is 3.89. The van der Waals surface area contributed by atoms with Crippen LogP contribution >= 0.6 is 15.9 Å². The molecule has 2 N–H and O–H groups in total. The first-order chi connectivity index (χ1) is 7.54. The highest BCUT2D eigenvalue weighted by molar-refractivity contribution is 9.10. The van der Waals surface area contributed by atoms with Gasteiger partial charge in [-0.2, -0.15) is 0 Å². The van der Waals surface area contributed by atoms with Gasteiger partial charge in [0.1, 0.15) is 0 Å². The van der Waals surface area contributed by atoms with Crippen molar-refractivity contribution in [1.29, 1.82) is 0 Å². The fraction of sp³-hybridized carbons (Fsp3) is 0.538. The van der Waals surface area contributed by atoms with E-state index in [0.717, 1.165) is 11.0 Å². The average Bonchev–Trinajstić information content (AvgIpc) is 2.23. The zero-order chi connectivity index (χ0) is 12.1. The molecule has 0 aliphatic carbocycles. The van der Waals surface area contributed by atoms with Crippen LogP contribution in [0.2, 0.25) is 0 Å². The average molecular weight is 286 g/mol. The van der Waals surface area contributed by atoms with Gasteiger partial charge in [0.15, 0.2) is 0 Å². The van der Waals surface area contributed by atoms with Gasteiger partial charge in [0.05, 0.1) is 6.61 Å². The van der Waals surface area contributed by atoms with Crippen LogP contribution in [0.3, 0.4) is 0 Å². The van der Waals surface area contributed by atoms with E-state index >= 15 is 0 Å². The van der Waals surface area contributed by atoms with Crippen molar-refractivity contribution in [1.82, 2.24) is 5.32 Å². The third-order valence-electron chi connectivity index (χ3n) is 2.79. The largest absolute Gasteiger partial charge is 0.395 e. The van der Waals surface area contributed by atoms with E-state index in [1.54, 1.807) is 0 Å². The van der Waals surface area contributed by atoms with Crippen molar-refractivity contribution in [3.05, 3.63) is 33.8 Å². The number of aliphatic hydroxyl groups is 1. The Morgan fingerprint density at radius 3 is 2.56 bits per heavy atom. The molecule has 0 bridgehead atoms. The molecule has 16 heavy (non-hydrogen) atoms. The van der Waals surface area contributed by atoms with Crippen LogP contribution in [-0.2, 0) is 6.54 Å². The molecule has 0 saturated heterocycles. The minimum Gasteiger partial charge on any atom is -0.395 e. The van der Waals surface area contributed by atoms with E-state index in [2.05, 4.69) is 60.2 Å². The molecule has 1 aromatic rings. The monoisotopic (exact) mass is 285 g/mol. The van der Waals surface area contributed by atoms with Crippen molar-refractivity contribution in [2.24, 2.45) is 5.92 Å². The first kappa shape index (κ1) is 13.7. The van der Waals surface area contributed by atoms with Crippen molar-refractivity contribution in [3.8, 4) is 0 Å². The number of nitrogens with one attached hydrogen (secondary N) is 1. The first-order valence-corrected chi connectivity index (χ1v) is 6.43. The van der Waals surface area contributed by atoms with E-state index in [9.17, 15) is 5.11 Å². The van der Waals surface area contributed by atoms with Crippen LogP contribution in [-0.4, -0.2) is 17.8 Å². The summed E-state index contributed by atoms with van der Waals surface area (Å²) in [5.74, 6) is 0.446. The van der Waals surface area contributed by atoms with E-state index in [1.165, 1.54) is 11.1 Å². The van der Waals surface area contributed by atoms with Crippen LogP contribution in [0.15, 0.2) is 22.7 Å². The molecule has 90 valence electrons. The van der Waals surface area contributed by atoms with Gasteiger partial charge in [-0.15, -0.1) is 0 Å². The summed E-state index contributed by atoms with van der Waals surface area (Å²) in [5, 5.41) is 12.6. The van der Waals surface area contributed by atoms with Gasteiger partial charge in [-0.25, -0.2) is 0 Å². The zero-order valence-electron chi connectivity index (χ0n) is 10.1. The standard InChI is InChI=1S/C13H20BrNO/c1-9(2)13(8-16)15-7-11-4-5-12(14)10(3)6-11/h4-6,9,13,15-16H,7-8H2,1-3H3/t13-/m1/s1. The van der Waals surface area contributed by atoms with E-state index < -0.39 is 0 Å². The predicted molar refractivity (Wildman–Crippen MR) is 71.4 cm³/mol. The van der Waals surface area contributed by atoms with E-state index in [4.69, 9.17) is 0 Å². The summed E-state index contributed by atoms with van der Waals surface area (Å²) >= 11 is 3.49. The molecule has 0 fully saturated rings. The Hall–Kier alpha value is -0.380. The maximum atomic E-state index is 9.20. The molecule has 0 unspecified atom stereocenters. The lowest BCUT2D eigenvalue weighted by Crippen LogP contribution is -2.36. The molecule has 0 radical (unpaired) electrons. The Morgan fingerprint density at radius 2 is 2.06 bits per heavy atom. The summed E-state index contributed by atoms with van der Waals surface area (Å²) in [7, 11) is 0. The number of benzene rings is 1. The Kier molecular flexibility index (Phi) is 5.46. The molecule has 1 atom stereocenters. The van der Waals surface area contributed by atoms with E-state index in [-0.39, 0.29) is 12.6 Å². The molecular formula is C13H20BrNO. The Labute approximate surface area is 106 Å². The van der Waals surface area contributed by atoms with Crippen molar-refractivity contribution in [3.63, 3.8) is 0 Å². The van der Waals surface area contributed by atoms with Crippen LogP contribution in [0.5, 0.6) is 0 Å². The first-order valence-electron chi connectivity index (χ1n) is 5.64. The molecule has 2 nitrogen and oxygen atoms in total. The second-order valence-corrected chi connectivity index (χ2v) is 5.35. The third-order valence-corrected chi connectivity index (χ3v) is 3.68. The number of halogens is 1. The fourth-order valence-corrected chi connectivity index (χ4v) is 1.82. The van der Waals surface area contributed by atoms with Crippen LogP contribution in [0.4, 0.5) is 0 Å². The van der Waals surface area contributed by atoms with Crippen LogP contribution < -0.4 is 5.32 Å². The van der Waals surface area contributed by atoms with E-state index in [0.29, 0.717) is 5.92 Å². The minimum absolute atomic E-state index is 0.170. The SMILES string of the molecule is Cc1cc(CN[C@H](CO)C(C)C)ccc1Br. The minimum atomic E-state index is 0.170. The summed E-state index contributed by atoms with van der Waals surface area (Å²) in [6, 6.07) is 6.49. The molecule has 0 saturated carbocycles. The summed E-state index contributed by atoms with van der Waals surface area (Å²) in [6.45, 7) is 7.30. The molecule has 0 aromatic heterocycles. The lowest BCUT2D eigenvalue weighted by Gasteiger charge is -2.20. The summed E-state index contributed by atoms with van der Waals surface area (Å²) in [5.41, 5.74) is 2.49. The predicted octanol–water partition coefficient (Wildman–Crippen LogP) is 2.86. The fourth-order valence-electron chi connectivity index (χ4n) is 1.58. The van der Waals surface area contributed by atoms with Gasteiger partial charge in [-0.05, 0) is 30.0 Å². The number of aliphatic hydroxyl groups excluding tert-OH is 1. The summed E-state index contributed by atoms with van der Waals surface area (Å²) < 4.78 is 1.14. The molecule has 0 aliphatic rings. The normalized spacial score (nSPS) is 13.1. The van der Waals surface area contributed by atoms with Gasteiger partial charge < -0.3 is 10.4 Å². The number of aryl methyl sites for hydroxylation is 1. The molecule has 0 aliphatic heterocycles. The number of rotatable bonds is 5. The Bertz CT molecular complexity index is 339. The van der Waals surface area contributed by atoms with Crippen LogP contribution in [0.1, 0.15) is 25.0 Å². The zero-order valence-corrected chi connectivity index (χ0v) is 11.7. The molecule has 0 spiro atoms. The highest BCUT2D eigenvalue weighted by Crippen LogP contribution is 2.17. The van der Waals surface area contributed by atoms with Crippen molar-refractivity contribution in [2.75, 3.05) is 6.61 Å². The van der Waals surface area contributed by atoms with Crippen LogP contribution in [0, 0.1) is 12.8 Å². The summed E-state index contributed by atoms with van der Waals surface area (Å²) in [6.07, 6.45) is 0. The Morgan fingerprint density at radius 1 is 1.38 bits per heavy atom. The number of hydrogen-bond acceptors (Lipinski definition) is 2. The van der Waals surface area contributed by atoms with Gasteiger partial charge in [0.25, 0.3) is 0 Å². The van der Waals surface area contributed by atoms with Crippen molar-refractivity contribution < 1.29 is 5.11 Å². The maximum absolute atomic E-state index is 9.20. The number of hydrogen-bond donors (Lipinski definition) is 2. The molecule has 0 heterocycles. The van der Waals surface area contributed by atoms with Gasteiger partial charge in [0.2, 0.25) is 0 Å². The molecule has 1 aromatic carbocycles. The van der Waals surface area contributed by atoms with Gasteiger partial charge in [0, 0.05) is 17.1 Å². The maximum Gasteiger partial charge on any atom is 0.0587 e. The molecule has 1 rings (SSSR count). The van der Waals surface area contributed by atoms with Crippen molar-refractivity contribution >= 4 is 15.9 Å². The van der Waals surface area contributed by atoms with Crippen molar-refractivity contribution in [2.45, 2.75) is 33.4 Å². The van der Waals surface area contributed by atoms with Gasteiger partial charge in [-0.1, -0.05) is 41.9 Å². The molecular weight excluding hydrogens is 266 g/mol. The Balaban J connectivity index is 2.57. The lowest BCUT2D eigenvalue weighted by atomic mass is 10.0. The molecule has 0 amide bonds. The second kappa shape index (κ2) is 6.38. The molecule has 3 heteroatoms. The smallest absolute Gasteiger partial charge is 0.0587 e. The second-order valence-electron chi connectivity index (χ2n) is 4.50. The highest BCUT2D eigenvalue weighted by Gasteiger charge is 2.10. The topological polar surface area (TPSA) is 32.3 Å². The van der Waals surface area contributed by atoms with Crippen LogP contribution in [0.25, 0.3) is 0 Å². The van der Waals surface area contributed by atoms with Gasteiger partial charge in [-0.3, -0.25) is 0 Å². The highest BCUT2D eigenvalue weighted by atomic mass is 79.9. The van der Waals surface area contributed by atoms with E-state index in [1.807, 2.05) is 0 Å². The lowest BCUT2D eigenvalue weighted by molar-refractivity contribution is 0.210. The quantitative estimate of drug-likeness (QED) is 0.872.